The van der Waals surface area contributed by atoms with Gasteiger partial charge in [0.05, 0.1) is 16.6 Å². The largest absolute Gasteiger partial charge is 0.351 e. The molecule has 3 rings (SSSR count). The fraction of sp³-hybridized carbons (Fsp3) is 0.200. The smallest absolute Gasteiger partial charge is 0.253 e. The van der Waals surface area contributed by atoms with Gasteiger partial charge in [-0.1, -0.05) is 41.9 Å². The van der Waals surface area contributed by atoms with E-state index in [0.717, 1.165) is 5.56 Å². The average Bonchev–Trinajstić information content (AvgIpc) is 2.64. The van der Waals surface area contributed by atoms with Crippen molar-refractivity contribution in [3.05, 3.63) is 76.2 Å². The zero-order valence-corrected chi connectivity index (χ0v) is 16.7. The van der Waals surface area contributed by atoms with Gasteiger partial charge in [0.1, 0.15) is 5.82 Å². The molecule has 7 heteroatoms. The van der Waals surface area contributed by atoms with Crippen LogP contribution in [-0.2, 0) is 4.79 Å². The van der Waals surface area contributed by atoms with Crippen LogP contribution in [0.4, 0.5) is 10.1 Å². The number of anilines is 1. The summed E-state index contributed by atoms with van der Waals surface area (Å²) in [6.45, 7) is 1.83. The van der Waals surface area contributed by atoms with Crippen molar-refractivity contribution in [1.29, 1.82) is 0 Å². The summed E-state index contributed by atoms with van der Waals surface area (Å²) in [5, 5.41) is 3.66. The Labute approximate surface area is 168 Å². The second-order valence-electron chi connectivity index (χ2n) is 6.43. The molecule has 0 aromatic heterocycles. The van der Waals surface area contributed by atoms with Crippen LogP contribution in [0.15, 0.2) is 59.8 Å². The third-order valence-corrected chi connectivity index (χ3v) is 5.01. The fourth-order valence-electron chi connectivity index (χ4n) is 3.09. The van der Waals surface area contributed by atoms with Gasteiger partial charge in [0.2, 0.25) is 0 Å². The van der Waals surface area contributed by atoms with Crippen LogP contribution in [0.2, 0.25) is 5.02 Å². The number of nitrogens with one attached hydrogen (secondary N) is 1. The summed E-state index contributed by atoms with van der Waals surface area (Å²) in [5.41, 5.74) is 2.77. The average molecular weight is 404 g/mol. The van der Waals surface area contributed by atoms with Crippen molar-refractivity contribution in [2.24, 2.45) is 0 Å². The van der Waals surface area contributed by atoms with E-state index < -0.39 is 5.82 Å². The molecule has 0 saturated heterocycles. The molecule has 2 aromatic carbocycles. The highest BCUT2D eigenvalue weighted by Gasteiger charge is 2.35. The van der Waals surface area contributed by atoms with Crippen LogP contribution in [0.25, 0.3) is 0 Å². The molecule has 0 bridgehead atoms. The molecule has 2 aromatic rings. The molecule has 1 unspecified atom stereocenters. The minimum atomic E-state index is -0.510. The van der Waals surface area contributed by atoms with Crippen molar-refractivity contribution in [3.63, 3.8) is 0 Å². The Balaban J connectivity index is 2.17. The monoisotopic (exact) mass is 403 g/mol. The first-order valence-electron chi connectivity index (χ1n) is 8.34. The highest BCUT2D eigenvalue weighted by atomic mass is 35.5. The molecule has 4 nitrogen and oxygen atoms in total. The molecule has 1 aliphatic rings. The van der Waals surface area contributed by atoms with Crippen molar-refractivity contribution in [2.75, 3.05) is 19.0 Å². The topological polar surface area (TPSA) is 35.6 Å². The lowest BCUT2D eigenvalue weighted by Gasteiger charge is -2.38. The van der Waals surface area contributed by atoms with E-state index in [1.165, 1.54) is 17.0 Å². The van der Waals surface area contributed by atoms with E-state index in [9.17, 15) is 9.18 Å². The molecule has 0 aliphatic carbocycles. The van der Waals surface area contributed by atoms with Crippen molar-refractivity contribution >= 4 is 40.5 Å². The van der Waals surface area contributed by atoms with Crippen LogP contribution in [0.5, 0.6) is 0 Å². The highest BCUT2D eigenvalue weighted by molar-refractivity contribution is 7.80. The van der Waals surface area contributed by atoms with Crippen LogP contribution in [0, 0.1) is 5.82 Å². The fourth-order valence-corrected chi connectivity index (χ4v) is 3.63. The minimum Gasteiger partial charge on any atom is -0.351 e. The van der Waals surface area contributed by atoms with E-state index >= 15 is 0 Å². The van der Waals surface area contributed by atoms with Crippen LogP contribution >= 0.6 is 23.8 Å². The summed E-state index contributed by atoms with van der Waals surface area (Å²) in [5.74, 6) is -0.640. The van der Waals surface area contributed by atoms with E-state index in [2.05, 4.69) is 5.32 Å². The molecule has 0 saturated carbocycles. The van der Waals surface area contributed by atoms with Crippen molar-refractivity contribution in [2.45, 2.75) is 13.0 Å². The van der Waals surface area contributed by atoms with Gasteiger partial charge in [0.15, 0.2) is 5.11 Å². The molecule has 0 radical (unpaired) electrons. The zero-order valence-electron chi connectivity index (χ0n) is 15.2. The lowest BCUT2D eigenvalue weighted by molar-refractivity contribution is -0.125. The number of likely N-dealkylation sites (N-methyl/N-ethyl adjacent to an activating group) is 1. The van der Waals surface area contributed by atoms with Gasteiger partial charge in [-0.2, -0.15) is 0 Å². The Kier molecular flexibility index (Phi) is 5.48. The lowest BCUT2D eigenvalue weighted by atomic mass is 9.94. The van der Waals surface area contributed by atoms with Gasteiger partial charge >= 0.3 is 0 Å². The van der Waals surface area contributed by atoms with E-state index in [-0.39, 0.29) is 17.0 Å². The van der Waals surface area contributed by atoms with Gasteiger partial charge < -0.3 is 10.2 Å². The van der Waals surface area contributed by atoms with Gasteiger partial charge in [-0.15, -0.1) is 0 Å². The van der Waals surface area contributed by atoms with E-state index in [4.69, 9.17) is 23.8 Å². The maximum atomic E-state index is 13.6. The number of rotatable bonds is 3. The molecule has 1 heterocycles. The summed E-state index contributed by atoms with van der Waals surface area (Å²) in [4.78, 5) is 16.2. The van der Waals surface area contributed by atoms with Gasteiger partial charge in [-0.05, 0) is 42.9 Å². The number of carbonyl (C=O) groups is 1. The van der Waals surface area contributed by atoms with E-state index in [0.29, 0.717) is 22.1 Å². The second kappa shape index (κ2) is 7.66. The summed E-state index contributed by atoms with van der Waals surface area (Å²) >= 11 is 11.5. The first-order valence-corrected chi connectivity index (χ1v) is 9.13. The highest BCUT2D eigenvalue weighted by Crippen LogP contribution is 2.35. The van der Waals surface area contributed by atoms with E-state index in [1.807, 2.05) is 37.3 Å². The Morgan fingerprint density at radius 3 is 2.48 bits per heavy atom. The number of halogens is 2. The molecule has 0 spiro atoms. The normalized spacial score (nSPS) is 17.0. The van der Waals surface area contributed by atoms with Gasteiger partial charge in [-0.3, -0.25) is 9.69 Å². The summed E-state index contributed by atoms with van der Waals surface area (Å²) in [6.07, 6.45) is 0. The molecule has 140 valence electrons. The standard InChI is InChI=1S/C20H19ClFN3OS/c1-12-17(19(26)24(2)3)18(13-7-5-4-6-8-13)23-20(27)25(12)14-9-10-16(22)15(21)11-14/h4-11,18H,1-3H3,(H,23,27). The number of nitrogens with zero attached hydrogens (tertiary/aromatic N) is 2. The Morgan fingerprint density at radius 1 is 1.22 bits per heavy atom. The molecule has 27 heavy (non-hydrogen) atoms. The number of hydrogen-bond donors (Lipinski definition) is 1. The Bertz CT molecular complexity index is 930. The van der Waals surface area contributed by atoms with Gasteiger partial charge in [-0.25, -0.2) is 4.39 Å². The molecule has 1 aliphatic heterocycles. The maximum Gasteiger partial charge on any atom is 0.253 e. The number of benzene rings is 2. The molecule has 1 N–H and O–H groups in total. The maximum absolute atomic E-state index is 13.6. The van der Waals surface area contributed by atoms with Crippen LogP contribution < -0.4 is 10.2 Å². The molecule has 1 amide bonds. The summed E-state index contributed by atoms with van der Waals surface area (Å²) < 4.78 is 13.6. The summed E-state index contributed by atoms with van der Waals surface area (Å²) in [6, 6.07) is 13.6. The first kappa shape index (κ1) is 19.3. The lowest BCUT2D eigenvalue weighted by Crippen LogP contribution is -2.49. The summed E-state index contributed by atoms with van der Waals surface area (Å²) in [7, 11) is 3.41. The number of allylic oxidation sites excluding steroid dienone is 1. The molecular weight excluding hydrogens is 385 g/mol. The minimum absolute atomic E-state index is 0.00577. The van der Waals surface area contributed by atoms with Gasteiger partial charge in [0, 0.05) is 25.5 Å². The van der Waals surface area contributed by atoms with Crippen LogP contribution in [-0.4, -0.2) is 30.0 Å². The SMILES string of the molecule is CC1=C(C(=O)N(C)C)C(c2ccccc2)NC(=S)N1c1ccc(F)c(Cl)c1. The zero-order chi connectivity index (χ0) is 19.7. The first-order chi connectivity index (χ1) is 12.8. The van der Waals surface area contributed by atoms with Crippen molar-refractivity contribution in [3.8, 4) is 0 Å². The third-order valence-electron chi connectivity index (χ3n) is 4.42. The van der Waals surface area contributed by atoms with Crippen molar-refractivity contribution in [1.82, 2.24) is 10.2 Å². The predicted octanol–water partition coefficient (Wildman–Crippen LogP) is 4.28. The van der Waals surface area contributed by atoms with Crippen LogP contribution in [0.3, 0.4) is 0 Å². The molecular formula is C20H19ClFN3OS. The molecule has 1 atom stereocenters. The second-order valence-corrected chi connectivity index (χ2v) is 7.22. The third kappa shape index (κ3) is 3.68. The van der Waals surface area contributed by atoms with E-state index in [1.54, 1.807) is 25.1 Å². The number of thiocarbonyl (C=S) groups is 1. The Hall–Kier alpha value is -2.44. The Morgan fingerprint density at radius 2 is 1.89 bits per heavy atom. The number of carbonyl (C=O) groups excluding carboxylic acids is 1. The predicted molar refractivity (Wildman–Crippen MR) is 110 cm³/mol. The van der Waals surface area contributed by atoms with Crippen molar-refractivity contribution < 1.29 is 9.18 Å². The van der Waals surface area contributed by atoms with Gasteiger partial charge in [0.25, 0.3) is 5.91 Å². The molecule has 0 fully saturated rings. The quantitative estimate of drug-likeness (QED) is 0.776. The van der Waals surface area contributed by atoms with Crippen LogP contribution in [0.1, 0.15) is 18.5 Å². The number of hydrogen-bond acceptors (Lipinski definition) is 2. The number of amides is 1.